The number of pyridine rings is 2. The van der Waals surface area contributed by atoms with Crippen molar-refractivity contribution in [2.45, 2.75) is 38.8 Å². The summed E-state index contributed by atoms with van der Waals surface area (Å²) >= 11 is 12.6. The van der Waals surface area contributed by atoms with E-state index in [1.54, 1.807) is 31.3 Å². The molecule has 0 aliphatic carbocycles. The Kier molecular flexibility index (Phi) is 8.54. The number of rotatable bonds is 9. The van der Waals surface area contributed by atoms with Gasteiger partial charge in [-0.1, -0.05) is 34.9 Å². The first-order valence-corrected chi connectivity index (χ1v) is 13.3. The van der Waals surface area contributed by atoms with Gasteiger partial charge in [-0.2, -0.15) is 5.26 Å². The minimum absolute atomic E-state index is 0.0773. The predicted molar refractivity (Wildman–Crippen MR) is 159 cm³/mol. The van der Waals surface area contributed by atoms with Gasteiger partial charge in [0.2, 0.25) is 0 Å². The van der Waals surface area contributed by atoms with Crippen molar-refractivity contribution in [3.05, 3.63) is 80.7 Å². The number of allylic oxidation sites excluding steroid dienone is 1. The van der Waals surface area contributed by atoms with Crippen molar-refractivity contribution in [3.8, 4) is 17.6 Å². The maximum absolute atomic E-state index is 9.87. The molecule has 11 heteroatoms. The lowest BCUT2D eigenvalue weighted by Gasteiger charge is -2.48. The van der Waals surface area contributed by atoms with Crippen molar-refractivity contribution in [1.29, 1.82) is 10.7 Å². The number of hydrogen-bond acceptors (Lipinski definition) is 9. The van der Waals surface area contributed by atoms with Crippen molar-refractivity contribution in [2.75, 3.05) is 30.8 Å². The maximum atomic E-state index is 9.87. The van der Waals surface area contributed by atoms with Crippen LogP contribution in [0.15, 0.2) is 48.4 Å². The molecule has 1 aromatic carbocycles. The quantitative estimate of drug-likeness (QED) is 0.167. The van der Waals surface area contributed by atoms with Crippen molar-refractivity contribution in [3.63, 3.8) is 0 Å². The summed E-state index contributed by atoms with van der Waals surface area (Å²) in [6.45, 7) is 7.05. The molecule has 0 radical (unpaired) electrons. The van der Waals surface area contributed by atoms with Gasteiger partial charge in [-0.15, -0.1) is 0 Å². The first kappa shape index (κ1) is 29.2. The monoisotopic (exact) mass is 579 g/mol. The highest BCUT2D eigenvalue weighted by molar-refractivity contribution is 6.35. The summed E-state index contributed by atoms with van der Waals surface area (Å²) in [5, 5.41) is 19.5. The smallest absolute Gasteiger partial charge is 0.162 e. The summed E-state index contributed by atoms with van der Waals surface area (Å²) in [6, 6.07) is 7.06. The number of benzene rings is 1. The van der Waals surface area contributed by atoms with E-state index in [0.717, 1.165) is 6.42 Å². The second-order valence-electron chi connectivity index (χ2n) is 10.2. The molecule has 1 aliphatic rings. The van der Waals surface area contributed by atoms with E-state index in [2.05, 4.69) is 22.1 Å². The predicted octanol–water partition coefficient (Wildman–Crippen LogP) is 5.68. The average molecular weight is 581 g/mol. The SMILES string of the molecule is COc1cc(N)c(C(=N)c2cnc(N3CC(N)(CC=C(C)C)C3)c(C#N)c2)cc1O[C@H](C)c1c(Cl)cncc1Cl. The zero-order valence-electron chi connectivity index (χ0n) is 22.8. The Morgan fingerprint density at radius 1 is 1.20 bits per heavy atom. The molecule has 3 heterocycles. The molecule has 1 saturated heterocycles. The van der Waals surface area contributed by atoms with Crippen LogP contribution in [0, 0.1) is 16.7 Å². The van der Waals surface area contributed by atoms with E-state index in [-0.39, 0.29) is 11.3 Å². The minimum atomic E-state index is -0.559. The van der Waals surface area contributed by atoms with Crippen LogP contribution >= 0.6 is 23.2 Å². The minimum Gasteiger partial charge on any atom is -0.493 e. The van der Waals surface area contributed by atoms with Crippen LogP contribution in [0.1, 0.15) is 55.5 Å². The number of ether oxygens (including phenoxy) is 2. The zero-order valence-corrected chi connectivity index (χ0v) is 24.3. The molecule has 0 unspecified atom stereocenters. The van der Waals surface area contributed by atoms with E-state index in [9.17, 15) is 5.26 Å². The summed E-state index contributed by atoms with van der Waals surface area (Å²) in [7, 11) is 1.50. The summed E-state index contributed by atoms with van der Waals surface area (Å²) < 4.78 is 11.7. The van der Waals surface area contributed by atoms with Gasteiger partial charge in [0.25, 0.3) is 0 Å². The Morgan fingerprint density at radius 3 is 2.48 bits per heavy atom. The molecule has 9 nitrogen and oxygen atoms in total. The van der Waals surface area contributed by atoms with Gasteiger partial charge < -0.3 is 25.8 Å². The van der Waals surface area contributed by atoms with Gasteiger partial charge in [0.1, 0.15) is 18.0 Å². The number of aromatic nitrogens is 2. The third kappa shape index (κ3) is 5.99. The molecule has 4 rings (SSSR count). The number of nitriles is 1. The lowest BCUT2D eigenvalue weighted by Crippen LogP contribution is -2.67. The van der Waals surface area contributed by atoms with Crippen LogP contribution in [0.5, 0.6) is 11.5 Å². The standard InChI is InChI=1S/C29H31Cl2N7O2/c1-16(2)5-6-29(35)14-38(15-29)28-18(10-32)7-19(11-37-28)27(34)20-8-25(24(39-4)9-23(20)33)40-17(3)26-21(30)12-36-13-22(26)31/h5,7-9,11-13,17,34H,6,14-15,33,35H2,1-4H3/t17-/m1/s1. The Morgan fingerprint density at radius 2 is 1.88 bits per heavy atom. The molecule has 5 N–H and O–H groups in total. The van der Waals surface area contributed by atoms with Gasteiger partial charge in [0.15, 0.2) is 11.5 Å². The topological polar surface area (TPSA) is 147 Å². The number of nitrogen functional groups attached to an aromatic ring is 1. The number of nitrogens with zero attached hydrogens (tertiary/aromatic N) is 4. The number of nitrogens with one attached hydrogen (secondary N) is 1. The van der Waals surface area contributed by atoms with Crippen LogP contribution in [0.25, 0.3) is 0 Å². The van der Waals surface area contributed by atoms with E-state index in [1.165, 1.54) is 25.1 Å². The van der Waals surface area contributed by atoms with Crippen molar-refractivity contribution < 1.29 is 9.47 Å². The Hall–Kier alpha value is -3.84. The molecule has 0 bridgehead atoms. The fraction of sp³-hybridized carbons (Fsp3) is 0.310. The molecular formula is C29H31Cl2N7O2. The Labute approximate surface area is 243 Å². The third-order valence-corrected chi connectivity index (χ3v) is 7.31. The lowest BCUT2D eigenvalue weighted by molar-refractivity contribution is 0.216. The van der Waals surface area contributed by atoms with E-state index in [4.69, 9.17) is 49.6 Å². The van der Waals surface area contributed by atoms with Crippen molar-refractivity contribution in [2.24, 2.45) is 5.73 Å². The average Bonchev–Trinajstić information content (AvgIpc) is 2.90. The van der Waals surface area contributed by atoms with Crippen LogP contribution in [0.3, 0.4) is 0 Å². The molecule has 0 amide bonds. The summed E-state index contributed by atoms with van der Waals surface area (Å²) in [6.07, 6.45) is 6.87. The van der Waals surface area contributed by atoms with Gasteiger partial charge in [-0.05, 0) is 39.3 Å². The van der Waals surface area contributed by atoms with E-state index >= 15 is 0 Å². The van der Waals surface area contributed by atoms with Gasteiger partial charge in [-0.3, -0.25) is 10.4 Å². The molecule has 40 heavy (non-hydrogen) atoms. The largest absolute Gasteiger partial charge is 0.493 e. The molecule has 0 spiro atoms. The number of nitrogens with two attached hydrogens (primary N) is 2. The van der Waals surface area contributed by atoms with Crippen LogP contribution in [0.2, 0.25) is 10.0 Å². The molecular weight excluding hydrogens is 549 g/mol. The lowest BCUT2D eigenvalue weighted by atomic mass is 9.86. The highest BCUT2D eigenvalue weighted by atomic mass is 35.5. The van der Waals surface area contributed by atoms with Crippen LogP contribution in [-0.4, -0.2) is 41.4 Å². The first-order valence-electron chi connectivity index (χ1n) is 12.6. The Balaban J connectivity index is 1.60. The van der Waals surface area contributed by atoms with Gasteiger partial charge >= 0.3 is 0 Å². The summed E-state index contributed by atoms with van der Waals surface area (Å²) in [5.74, 6) is 1.27. The molecule has 2 aromatic heterocycles. The first-order chi connectivity index (χ1) is 19.0. The maximum Gasteiger partial charge on any atom is 0.162 e. The molecule has 1 fully saturated rings. The molecule has 1 atom stereocenters. The van der Waals surface area contributed by atoms with Crippen LogP contribution in [0.4, 0.5) is 11.5 Å². The van der Waals surface area contributed by atoms with Gasteiger partial charge in [0, 0.05) is 60.1 Å². The molecule has 3 aromatic rings. The van der Waals surface area contributed by atoms with Crippen LogP contribution < -0.4 is 25.8 Å². The highest BCUT2D eigenvalue weighted by Gasteiger charge is 2.40. The second kappa shape index (κ2) is 11.7. The van der Waals surface area contributed by atoms with Crippen molar-refractivity contribution >= 4 is 40.4 Å². The number of halogens is 2. The fourth-order valence-corrected chi connectivity index (χ4v) is 5.26. The number of hydrogen-bond donors (Lipinski definition) is 3. The molecule has 0 saturated carbocycles. The third-order valence-electron chi connectivity index (χ3n) is 6.71. The zero-order chi connectivity index (χ0) is 29.2. The summed E-state index contributed by atoms with van der Waals surface area (Å²) in [4.78, 5) is 10.5. The number of methoxy groups -OCH3 is 1. The Bertz CT molecular complexity index is 1500. The van der Waals surface area contributed by atoms with Gasteiger partial charge in [0.05, 0.1) is 34.0 Å². The van der Waals surface area contributed by atoms with E-state index < -0.39 is 6.10 Å². The molecule has 208 valence electrons. The summed E-state index contributed by atoms with van der Waals surface area (Å²) in [5.41, 5.74) is 15.8. The number of anilines is 2. The van der Waals surface area contributed by atoms with E-state index in [1.807, 2.05) is 18.7 Å². The fourth-order valence-electron chi connectivity index (χ4n) is 4.59. The van der Waals surface area contributed by atoms with Gasteiger partial charge in [-0.25, -0.2) is 4.98 Å². The second-order valence-corrected chi connectivity index (χ2v) is 11.0. The normalized spacial score (nSPS) is 14.5. The highest BCUT2D eigenvalue weighted by Crippen LogP contribution is 2.39. The molecule has 1 aliphatic heterocycles. The van der Waals surface area contributed by atoms with Crippen molar-refractivity contribution in [1.82, 2.24) is 9.97 Å². The van der Waals surface area contributed by atoms with Crippen LogP contribution in [-0.2, 0) is 0 Å². The van der Waals surface area contributed by atoms with E-state index in [0.29, 0.717) is 68.4 Å².